The van der Waals surface area contributed by atoms with E-state index >= 15 is 0 Å². The first-order valence-electron chi connectivity index (χ1n) is 6.42. The molecule has 1 aromatic rings. The van der Waals surface area contributed by atoms with Gasteiger partial charge in [-0.1, -0.05) is 11.6 Å². The maximum atomic E-state index is 12.3. The number of nitrogens with one attached hydrogen (secondary N) is 1. The van der Waals surface area contributed by atoms with Gasteiger partial charge in [-0.3, -0.25) is 4.79 Å². The molecule has 2 heterocycles. The maximum absolute atomic E-state index is 12.3. The Hall–Kier alpha value is -1.29. The number of nitrogens with zero attached hydrogens (tertiary/aromatic N) is 2. The number of hydrogen-bond acceptors (Lipinski definition) is 3. The lowest BCUT2D eigenvalue weighted by atomic mass is 10.1. The molecule has 1 N–H and O–H groups in total. The SMILES string of the molecule is CCNc1ccc(Cl)c(C(=O)N2CCCCC2)n1. The molecule has 1 amide bonds. The Labute approximate surface area is 112 Å². The van der Waals surface area contributed by atoms with Crippen LogP contribution in [0.5, 0.6) is 0 Å². The van der Waals surface area contributed by atoms with E-state index in [-0.39, 0.29) is 5.91 Å². The first-order valence-corrected chi connectivity index (χ1v) is 6.80. The average Bonchev–Trinajstić information content (AvgIpc) is 2.41. The van der Waals surface area contributed by atoms with Gasteiger partial charge in [0.1, 0.15) is 11.5 Å². The van der Waals surface area contributed by atoms with Gasteiger partial charge in [-0.2, -0.15) is 0 Å². The second-order valence-corrected chi connectivity index (χ2v) is 4.82. The van der Waals surface area contributed by atoms with Crippen molar-refractivity contribution in [3.8, 4) is 0 Å². The highest BCUT2D eigenvalue weighted by atomic mass is 35.5. The van der Waals surface area contributed by atoms with E-state index in [1.807, 2.05) is 11.8 Å². The fraction of sp³-hybridized carbons (Fsp3) is 0.538. The summed E-state index contributed by atoms with van der Waals surface area (Å²) in [5.41, 5.74) is 0.358. The molecule has 0 aliphatic carbocycles. The van der Waals surface area contributed by atoms with Crippen molar-refractivity contribution in [1.29, 1.82) is 0 Å². The lowest BCUT2D eigenvalue weighted by molar-refractivity contribution is 0.0718. The quantitative estimate of drug-likeness (QED) is 0.916. The number of carbonyl (C=O) groups excluding carboxylic acids is 1. The van der Waals surface area contributed by atoms with Crippen LogP contribution in [0.4, 0.5) is 5.82 Å². The third kappa shape index (κ3) is 2.93. The van der Waals surface area contributed by atoms with Crippen molar-refractivity contribution >= 4 is 23.3 Å². The number of aromatic nitrogens is 1. The third-order valence-electron chi connectivity index (χ3n) is 3.05. The number of pyridine rings is 1. The van der Waals surface area contributed by atoms with Gasteiger partial charge in [0.2, 0.25) is 0 Å². The van der Waals surface area contributed by atoms with Crippen LogP contribution in [0.15, 0.2) is 12.1 Å². The molecule has 4 nitrogen and oxygen atoms in total. The minimum absolute atomic E-state index is 0.0561. The van der Waals surface area contributed by atoms with Crippen LogP contribution in [0, 0.1) is 0 Å². The molecule has 1 aliphatic rings. The van der Waals surface area contributed by atoms with E-state index in [1.165, 1.54) is 6.42 Å². The van der Waals surface area contributed by atoms with Crippen molar-refractivity contribution in [2.24, 2.45) is 0 Å². The molecule has 0 radical (unpaired) electrons. The Morgan fingerprint density at radius 1 is 1.39 bits per heavy atom. The second kappa shape index (κ2) is 6.05. The lowest BCUT2D eigenvalue weighted by Crippen LogP contribution is -2.36. The van der Waals surface area contributed by atoms with Gasteiger partial charge in [0, 0.05) is 19.6 Å². The largest absolute Gasteiger partial charge is 0.370 e. The van der Waals surface area contributed by atoms with Crippen molar-refractivity contribution in [2.45, 2.75) is 26.2 Å². The van der Waals surface area contributed by atoms with Crippen molar-refractivity contribution in [3.63, 3.8) is 0 Å². The van der Waals surface area contributed by atoms with Crippen molar-refractivity contribution in [3.05, 3.63) is 22.8 Å². The van der Waals surface area contributed by atoms with Gasteiger partial charge in [0.25, 0.3) is 5.91 Å². The molecule has 1 fully saturated rings. The van der Waals surface area contributed by atoms with E-state index in [0.717, 1.165) is 32.5 Å². The summed E-state index contributed by atoms with van der Waals surface area (Å²) < 4.78 is 0. The van der Waals surface area contributed by atoms with E-state index < -0.39 is 0 Å². The predicted molar refractivity (Wildman–Crippen MR) is 73.2 cm³/mol. The van der Waals surface area contributed by atoms with Gasteiger partial charge >= 0.3 is 0 Å². The van der Waals surface area contributed by atoms with Crippen molar-refractivity contribution < 1.29 is 4.79 Å². The van der Waals surface area contributed by atoms with Crippen LogP contribution >= 0.6 is 11.6 Å². The highest BCUT2D eigenvalue weighted by Crippen LogP contribution is 2.20. The van der Waals surface area contributed by atoms with E-state index in [2.05, 4.69) is 10.3 Å². The van der Waals surface area contributed by atoms with Gasteiger partial charge in [-0.25, -0.2) is 4.98 Å². The van der Waals surface area contributed by atoms with Crippen LogP contribution < -0.4 is 5.32 Å². The zero-order valence-electron chi connectivity index (χ0n) is 10.6. The molecule has 98 valence electrons. The molecular weight excluding hydrogens is 250 g/mol. The molecule has 0 bridgehead atoms. The summed E-state index contributed by atoms with van der Waals surface area (Å²) in [6, 6.07) is 3.52. The topological polar surface area (TPSA) is 45.2 Å². The van der Waals surface area contributed by atoms with Gasteiger partial charge in [-0.15, -0.1) is 0 Å². The number of likely N-dealkylation sites (tertiary alicyclic amines) is 1. The molecule has 0 saturated carbocycles. The number of rotatable bonds is 3. The van der Waals surface area contributed by atoms with Crippen LogP contribution in [-0.4, -0.2) is 35.4 Å². The van der Waals surface area contributed by atoms with Crippen LogP contribution in [0.3, 0.4) is 0 Å². The first-order chi connectivity index (χ1) is 8.72. The number of amides is 1. The summed E-state index contributed by atoms with van der Waals surface area (Å²) in [7, 11) is 0. The molecule has 1 aromatic heterocycles. The molecule has 5 heteroatoms. The predicted octanol–water partition coefficient (Wildman–Crippen LogP) is 2.79. The second-order valence-electron chi connectivity index (χ2n) is 4.41. The average molecular weight is 268 g/mol. The van der Waals surface area contributed by atoms with Crippen molar-refractivity contribution in [1.82, 2.24) is 9.88 Å². The van der Waals surface area contributed by atoms with Gasteiger partial charge in [-0.05, 0) is 38.3 Å². The zero-order valence-corrected chi connectivity index (χ0v) is 11.3. The van der Waals surface area contributed by atoms with Crippen LogP contribution in [0.25, 0.3) is 0 Å². The Kier molecular flexibility index (Phi) is 4.42. The zero-order chi connectivity index (χ0) is 13.0. The molecule has 0 atom stereocenters. The third-order valence-corrected chi connectivity index (χ3v) is 3.35. The maximum Gasteiger partial charge on any atom is 0.274 e. The normalized spacial score (nSPS) is 15.6. The summed E-state index contributed by atoms with van der Waals surface area (Å²) in [5, 5.41) is 3.52. The Balaban J connectivity index is 2.19. The van der Waals surface area contributed by atoms with E-state index in [0.29, 0.717) is 16.5 Å². The number of anilines is 1. The molecule has 0 aromatic carbocycles. The first kappa shape index (κ1) is 13.1. The van der Waals surface area contributed by atoms with E-state index in [1.54, 1.807) is 12.1 Å². The summed E-state index contributed by atoms with van der Waals surface area (Å²) in [6.45, 7) is 4.37. The van der Waals surface area contributed by atoms with Crippen molar-refractivity contribution in [2.75, 3.05) is 25.0 Å². The minimum Gasteiger partial charge on any atom is -0.370 e. The fourth-order valence-corrected chi connectivity index (χ4v) is 2.30. The van der Waals surface area contributed by atoms with Gasteiger partial charge in [0.15, 0.2) is 0 Å². The number of hydrogen-bond donors (Lipinski definition) is 1. The number of carbonyl (C=O) groups is 1. The van der Waals surface area contributed by atoms with Crippen LogP contribution in [0.1, 0.15) is 36.7 Å². The summed E-state index contributed by atoms with van der Waals surface area (Å²) >= 11 is 6.07. The highest BCUT2D eigenvalue weighted by Gasteiger charge is 2.21. The van der Waals surface area contributed by atoms with E-state index in [9.17, 15) is 4.79 Å². The Morgan fingerprint density at radius 2 is 2.11 bits per heavy atom. The summed E-state index contributed by atoms with van der Waals surface area (Å²) in [5.74, 6) is 0.640. The smallest absolute Gasteiger partial charge is 0.274 e. The molecule has 2 rings (SSSR count). The standard InChI is InChI=1S/C13H18ClN3O/c1-2-15-11-7-6-10(14)12(16-11)13(18)17-8-4-3-5-9-17/h6-7H,2-5,8-9H2,1H3,(H,15,16). The van der Waals surface area contributed by atoms with E-state index in [4.69, 9.17) is 11.6 Å². The molecule has 1 saturated heterocycles. The summed E-state index contributed by atoms with van der Waals surface area (Å²) in [4.78, 5) is 18.5. The highest BCUT2D eigenvalue weighted by molar-refractivity contribution is 6.33. The molecular formula is C13H18ClN3O. The lowest BCUT2D eigenvalue weighted by Gasteiger charge is -2.26. The van der Waals surface area contributed by atoms with Gasteiger partial charge in [0.05, 0.1) is 5.02 Å². The summed E-state index contributed by atoms with van der Waals surface area (Å²) in [6.07, 6.45) is 3.33. The molecule has 0 spiro atoms. The monoisotopic (exact) mass is 267 g/mol. The molecule has 1 aliphatic heterocycles. The molecule has 18 heavy (non-hydrogen) atoms. The minimum atomic E-state index is -0.0561. The Bertz CT molecular complexity index is 430. The van der Waals surface area contributed by atoms with Gasteiger partial charge < -0.3 is 10.2 Å². The molecule has 0 unspecified atom stereocenters. The number of halogens is 1. The fourth-order valence-electron chi connectivity index (χ4n) is 2.12. The van der Waals surface area contributed by atoms with Crippen LogP contribution in [0.2, 0.25) is 5.02 Å². The Morgan fingerprint density at radius 3 is 2.78 bits per heavy atom. The van der Waals surface area contributed by atoms with Crippen LogP contribution in [-0.2, 0) is 0 Å². The number of piperidine rings is 1.